The van der Waals surface area contributed by atoms with Gasteiger partial charge < -0.3 is 4.74 Å². The van der Waals surface area contributed by atoms with Crippen LogP contribution in [0.25, 0.3) is 0 Å². The fourth-order valence-corrected chi connectivity index (χ4v) is 1.30. The monoisotopic (exact) mass is 254 g/mol. The average Bonchev–Trinajstić information content (AvgIpc) is 2.25. The topological polar surface area (TPSA) is 45.9 Å². The third-order valence-electron chi connectivity index (χ3n) is 1.64. The van der Waals surface area contributed by atoms with Crippen molar-refractivity contribution in [2.75, 3.05) is 11.9 Å². The summed E-state index contributed by atoms with van der Waals surface area (Å²) in [5, 5.41) is 9.54. The van der Waals surface area contributed by atoms with Crippen molar-refractivity contribution >= 4 is 15.9 Å². The minimum absolute atomic E-state index is 0.554. The Morgan fingerprint density at radius 1 is 1.43 bits per heavy atom. The van der Waals surface area contributed by atoms with Crippen LogP contribution in [0.15, 0.2) is 18.3 Å². The molecule has 0 atom stereocenters. The summed E-state index contributed by atoms with van der Waals surface area (Å²) >= 11 is 3.35. The van der Waals surface area contributed by atoms with Gasteiger partial charge in [0, 0.05) is 17.6 Å². The van der Waals surface area contributed by atoms with Gasteiger partial charge in [-0.1, -0.05) is 15.9 Å². The molecule has 0 aliphatic heterocycles. The first-order valence-electron chi connectivity index (χ1n) is 4.41. The van der Waals surface area contributed by atoms with Gasteiger partial charge >= 0.3 is 0 Å². The van der Waals surface area contributed by atoms with Gasteiger partial charge in [-0.2, -0.15) is 5.26 Å². The molecular weight excluding hydrogens is 244 g/mol. The zero-order valence-electron chi connectivity index (χ0n) is 7.74. The van der Waals surface area contributed by atoms with Crippen molar-refractivity contribution in [3.63, 3.8) is 0 Å². The van der Waals surface area contributed by atoms with Crippen molar-refractivity contribution in [1.29, 1.82) is 5.26 Å². The highest BCUT2D eigenvalue weighted by molar-refractivity contribution is 9.09. The highest BCUT2D eigenvalue weighted by Crippen LogP contribution is 2.07. The molecule has 0 radical (unpaired) electrons. The van der Waals surface area contributed by atoms with E-state index in [2.05, 4.69) is 20.9 Å². The van der Waals surface area contributed by atoms with E-state index in [-0.39, 0.29) is 0 Å². The Kier molecular flexibility index (Phi) is 5.02. The Hall–Kier alpha value is -1.08. The van der Waals surface area contributed by atoms with Crippen LogP contribution in [0.1, 0.15) is 18.4 Å². The largest absolute Gasteiger partial charge is 0.478 e. The summed E-state index contributed by atoms with van der Waals surface area (Å²) in [5.74, 6) is 0.582. The number of nitriles is 1. The molecule has 0 aliphatic carbocycles. The molecule has 0 saturated heterocycles. The average molecular weight is 255 g/mol. The molecule has 1 heterocycles. The lowest BCUT2D eigenvalue weighted by molar-refractivity contribution is 0.298. The summed E-state index contributed by atoms with van der Waals surface area (Å²) in [6.07, 6.45) is 3.61. The molecule has 0 aliphatic rings. The first-order valence-corrected chi connectivity index (χ1v) is 5.54. The molecule has 4 heteroatoms. The number of aromatic nitrogens is 1. The van der Waals surface area contributed by atoms with E-state index in [1.165, 1.54) is 6.20 Å². The van der Waals surface area contributed by atoms with Crippen LogP contribution in [0.4, 0.5) is 0 Å². The number of pyridine rings is 1. The third kappa shape index (κ3) is 3.75. The second-order valence-electron chi connectivity index (χ2n) is 2.74. The lowest BCUT2D eigenvalue weighted by atomic mass is 10.3. The normalized spacial score (nSPS) is 9.43. The summed E-state index contributed by atoms with van der Waals surface area (Å²) in [6, 6.07) is 5.42. The maximum Gasteiger partial charge on any atom is 0.213 e. The van der Waals surface area contributed by atoms with Gasteiger partial charge in [0.1, 0.15) is 6.07 Å². The van der Waals surface area contributed by atoms with E-state index >= 15 is 0 Å². The van der Waals surface area contributed by atoms with Crippen LogP contribution in [-0.2, 0) is 0 Å². The van der Waals surface area contributed by atoms with Crippen LogP contribution in [-0.4, -0.2) is 16.9 Å². The summed E-state index contributed by atoms with van der Waals surface area (Å²) in [6.45, 7) is 0.671. The van der Waals surface area contributed by atoms with Gasteiger partial charge in [0.05, 0.1) is 12.2 Å². The van der Waals surface area contributed by atoms with Crippen molar-refractivity contribution in [3.8, 4) is 11.9 Å². The first kappa shape index (κ1) is 11.0. The quantitative estimate of drug-likeness (QED) is 0.599. The number of hydrogen-bond donors (Lipinski definition) is 0. The van der Waals surface area contributed by atoms with Crippen molar-refractivity contribution in [1.82, 2.24) is 4.98 Å². The Morgan fingerprint density at radius 2 is 2.29 bits per heavy atom. The van der Waals surface area contributed by atoms with Crippen LogP contribution >= 0.6 is 15.9 Å². The molecule has 0 spiro atoms. The predicted molar refractivity (Wildman–Crippen MR) is 57.5 cm³/mol. The predicted octanol–water partition coefficient (Wildman–Crippen LogP) is 2.51. The van der Waals surface area contributed by atoms with E-state index in [9.17, 15) is 0 Å². The van der Waals surface area contributed by atoms with Gasteiger partial charge in [-0.05, 0) is 18.9 Å². The highest BCUT2D eigenvalue weighted by atomic mass is 79.9. The van der Waals surface area contributed by atoms with Crippen molar-refractivity contribution in [3.05, 3.63) is 23.9 Å². The third-order valence-corrected chi connectivity index (χ3v) is 2.20. The molecule has 0 unspecified atom stereocenters. The Labute approximate surface area is 91.8 Å². The number of alkyl halides is 1. The zero-order chi connectivity index (χ0) is 10.2. The van der Waals surface area contributed by atoms with Crippen LogP contribution in [0, 0.1) is 11.3 Å². The molecular formula is C10H11BrN2O. The molecule has 0 aromatic carbocycles. The molecule has 1 aromatic heterocycles. The standard InChI is InChI=1S/C10H11BrN2O/c11-5-1-2-6-14-10-4-3-9(7-12)8-13-10/h3-4,8H,1-2,5-6H2. The fraction of sp³-hybridized carbons (Fsp3) is 0.400. The maximum absolute atomic E-state index is 8.54. The van der Waals surface area contributed by atoms with E-state index in [0.717, 1.165) is 18.2 Å². The Bertz CT molecular complexity index is 305. The molecule has 1 rings (SSSR count). The van der Waals surface area contributed by atoms with E-state index < -0.39 is 0 Å². The Morgan fingerprint density at radius 3 is 2.86 bits per heavy atom. The molecule has 0 fully saturated rings. The first-order chi connectivity index (χ1) is 6.86. The highest BCUT2D eigenvalue weighted by Gasteiger charge is 1.95. The number of halogens is 1. The van der Waals surface area contributed by atoms with E-state index in [0.29, 0.717) is 18.1 Å². The van der Waals surface area contributed by atoms with E-state index in [4.69, 9.17) is 10.00 Å². The number of ether oxygens (including phenoxy) is 1. The van der Waals surface area contributed by atoms with E-state index in [1.807, 2.05) is 6.07 Å². The molecule has 0 amide bonds. The van der Waals surface area contributed by atoms with Gasteiger partial charge in [0.2, 0.25) is 5.88 Å². The summed E-state index contributed by atoms with van der Waals surface area (Å²) in [4.78, 5) is 3.99. The maximum atomic E-state index is 8.54. The number of unbranched alkanes of at least 4 members (excludes halogenated alkanes) is 1. The van der Waals surface area contributed by atoms with Gasteiger partial charge in [-0.25, -0.2) is 4.98 Å². The molecule has 74 valence electrons. The van der Waals surface area contributed by atoms with Gasteiger partial charge in [-0.15, -0.1) is 0 Å². The minimum atomic E-state index is 0.554. The number of rotatable bonds is 5. The lowest BCUT2D eigenvalue weighted by Gasteiger charge is -2.03. The second kappa shape index (κ2) is 6.39. The van der Waals surface area contributed by atoms with Gasteiger partial charge in [0.15, 0.2) is 0 Å². The molecule has 0 saturated carbocycles. The molecule has 0 N–H and O–H groups in total. The second-order valence-corrected chi connectivity index (χ2v) is 3.53. The van der Waals surface area contributed by atoms with Crippen LogP contribution < -0.4 is 4.74 Å². The molecule has 14 heavy (non-hydrogen) atoms. The summed E-state index contributed by atoms with van der Waals surface area (Å²) < 4.78 is 5.37. The smallest absolute Gasteiger partial charge is 0.213 e. The molecule has 3 nitrogen and oxygen atoms in total. The fourth-order valence-electron chi connectivity index (χ4n) is 0.905. The number of hydrogen-bond acceptors (Lipinski definition) is 3. The lowest BCUT2D eigenvalue weighted by Crippen LogP contribution is -1.99. The minimum Gasteiger partial charge on any atom is -0.478 e. The van der Waals surface area contributed by atoms with Crippen molar-refractivity contribution in [2.45, 2.75) is 12.8 Å². The van der Waals surface area contributed by atoms with E-state index in [1.54, 1.807) is 12.1 Å². The molecule has 1 aromatic rings. The summed E-state index contributed by atoms with van der Waals surface area (Å²) in [5.41, 5.74) is 0.554. The van der Waals surface area contributed by atoms with Gasteiger partial charge in [-0.3, -0.25) is 0 Å². The number of nitrogens with zero attached hydrogens (tertiary/aromatic N) is 2. The van der Waals surface area contributed by atoms with Gasteiger partial charge in [0.25, 0.3) is 0 Å². The van der Waals surface area contributed by atoms with Crippen molar-refractivity contribution in [2.24, 2.45) is 0 Å². The Balaban J connectivity index is 2.33. The van der Waals surface area contributed by atoms with Crippen LogP contribution in [0.2, 0.25) is 0 Å². The van der Waals surface area contributed by atoms with Crippen LogP contribution in [0.3, 0.4) is 0 Å². The zero-order valence-corrected chi connectivity index (χ0v) is 9.33. The SMILES string of the molecule is N#Cc1ccc(OCCCCBr)nc1. The summed E-state index contributed by atoms with van der Waals surface area (Å²) in [7, 11) is 0. The molecule has 0 bridgehead atoms. The van der Waals surface area contributed by atoms with Crippen molar-refractivity contribution < 1.29 is 4.74 Å². The van der Waals surface area contributed by atoms with Crippen LogP contribution in [0.5, 0.6) is 5.88 Å².